The van der Waals surface area contributed by atoms with Gasteiger partial charge in [0.2, 0.25) is 0 Å². The first-order valence-corrected chi connectivity index (χ1v) is 4.98. The molecule has 0 aliphatic heterocycles. The summed E-state index contributed by atoms with van der Waals surface area (Å²) in [4.78, 5) is 29.9. The van der Waals surface area contributed by atoms with Crippen molar-refractivity contribution < 1.29 is 14.7 Å². The molecular formula is C10H9N5O3. The average molecular weight is 247 g/mol. The number of rotatable bonds is 4. The molecule has 92 valence electrons. The Kier molecular flexibility index (Phi) is 3.28. The first-order valence-electron chi connectivity index (χ1n) is 4.98. The van der Waals surface area contributed by atoms with Gasteiger partial charge in [0.15, 0.2) is 0 Å². The highest BCUT2D eigenvalue weighted by atomic mass is 16.4. The molecule has 2 heterocycles. The van der Waals surface area contributed by atoms with Crippen molar-refractivity contribution in [2.24, 2.45) is 0 Å². The van der Waals surface area contributed by atoms with E-state index in [4.69, 9.17) is 5.11 Å². The lowest BCUT2D eigenvalue weighted by atomic mass is 10.2. The second-order valence-electron chi connectivity index (χ2n) is 3.35. The van der Waals surface area contributed by atoms with Crippen molar-refractivity contribution in [2.75, 3.05) is 0 Å². The number of nitrogens with zero attached hydrogens (tertiary/aromatic N) is 3. The molecular weight excluding hydrogens is 238 g/mol. The van der Waals surface area contributed by atoms with Gasteiger partial charge in [0.25, 0.3) is 5.91 Å². The number of nitrogens with one attached hydrogen (secondary N) is 2. The predicted molar refractivity (Wildman–Crippen MR) is 58.7 cm³/mol. The Labute approximate surface area is 101 Å². The molecule has 0 aliphatic carbocycles. The zero-order chi connectivity index (χ0) is 13.0. The number of aromatic carboxylic acids is 1. The van der Waals surface area contributed by atoms with Gasteiger partial charge in [-0.3, -0.25) is 9.89 Å². The minimum Gasteiger partial charge on any atom is -0.477 e. The summed E-state index contributed by atoms with van der Waals surface area (Å²) in [6, 6.07) is 2.64. The molecule has 2 aromatic rings. The van der Waals surface area contributed by atoms with Crippen LogP contribution in [-0.4, -0.2) is 37.1 Å². The first kappa shape index (κ1) is 11.7. The highest BCUT2D eigenvalue weighted by molar-refractivity contribution is 5.96. The number of pyridine rings is 1. The third-order valence-electron chi connectivity index (χ3n) is 2.12. The molecule has 8 heteroatoms. The molecule has 0 radical (unpaired) electrons. The second kappa shape index (κ2) is 5.04. The van der Waals surface area contributed by atoms with Crippen LogP contribution < -0.4 is 5.32 Å². The van der Waals surface area contributed by atoms with E-state index in [1.165, 1.54) is 24.7 Å². The van der Waals surface area contributed by atoms with E-state index in [0.717, 1.165) is 0 Å². The number of hydrogen-bond donors (Lipinski definition) is 3. The normalized spacial score (nSPS) is 10.0. The monoisotopic (exact) mass is 247 g/mol. The maximum atomic E-state index is 11.7. The van der Waals surface area contributed by atoms with E-state index in [2.05, 4.69) is 25.5 Å². The van der Waals surface area contributed by atoms with E-state index < -0.39 is 11.9 Å². The van der Waals surface area contributed by atoms with Crippen LogP contribution in [0.25, 0.3) is 0 Å². The summed E-state index contributed by atoms with van der Waals surface area (Å²) in [5, 5.41) is 17.6. The summed E-state index contributed by atoms with van der Waals surface area (Å²) >= 11 is 0. The van der Waals surface area contributed by atoms with Gasteiger partial charge >= 0.3 is 5.97 Å². The highest BCUT2D eigenvalue weighted by Gasteiger charge is 2.10. The fraction of sp³-hybridized carbons (Fsp3) is 0.100. The van der Waals surface area contributed by atoms with E-state index >= 15 is 0 Å². The maximum absolute atomic E-state index is 11.7. The predicted octanol–water partition coefficient (Wildman–Crippen LogP) is -0.172. The van der Waals surface area contributed by atoms with E-state index in [0.29, 0.717) is 5.82 Å². The van der Waals surface area contributed by atoms with Crippen LogP contribution in [0.2, 0.25) is 0 Å². The number of carboxylic acids is 1. The van der Waals surface area contributed by atoms with Gasteiger partial charge in [-0.15, -0.1) is 0 Å². The molecule has 0 atom stereocenters. The maximum Gasteiger partial charge on any atom is 0.354 e. The van der Waals surface area contributed by atoms with Crippen molar-refractivity contribution in [3.05, 3.63) is 41.7 Å². The van der Waals surface area contributed by atoms with Crippen molar-refractivity contribution >= 4 is 11.9 Å². The number of hydrogen-bond acceptors (Lipinski definition) is 5. The van der Waals surface area contributed by atoms with Gasteiger partial charge in [-0.25, -0.2) is 14.8 Å². The van der Waals surface area contributed by atoms with Crippen LogP contribution in [0.1, 0.15) is 26.7 Å². The zero-order valence-corrected chi connectivity index (χ0v) is 9.12. The SMILES string of the molecule is O=C(NCc1ncn[nH]1)c1ccnc(C(=O)O)c1. The molecule has 0 bridgehead atoms. The average Bonchev–Trinajstić information content (AvgIpc) is 2.89. The molecule has 0 unspecified atom stereocenters. The molecule has 0 aliphatic rings. The lowest BCUT2D eigenvalue weighted by Crippen LogP contribution is -2.23. The lowest BCUT2D eigenvalue weighted by molar-refractivity contribution is 0.0690. The fourth-order valence-electron chi connectivity index (χ4n) is 1.27. The molecule has 0 spiro atoms. The molecule has 18 heavy (non-hydrogen) atoms. The number of H-pyrrole nitrogens is 1. The van der Waals surface area contributed by atoms with Crippen molar-refractivity contribution in [3.8, 4) is 0 Å². The van der Waals surface area contributed by atoms with Crippen LogP contribution in [0.3, 0.4) is 0 Å². The number of carbonyl (C=O) groups excluding carboxylic acids is 1. The quantitative estimate of drug-likeness (QED) is 0.689. The largest absolute Gasteiger partial charge is 0.477 e. The number of carbonyl (C=O) groups is 2. The molecule has 1 amide bonds. The van der Waals surface area contributed by atoms with Crippen LogP contribution in [0.5, 0.6) is 0 Å². The van der Waals surface area contributed by atoms with Crippen LogP contribution in [0, 0.1) is 0 Å². The van der Waals surface area contributed by atoms with Crippen molar-refractivity contribution in [3.63, 3.8) is 0 Å². The molecule has 8 nitrogen and oxygen atoms in total. The van der Waals surface area contributed by atoms with Gasteiger partial charge in [-0.1, -0.05) is 0 Å². The topological polar surface area (TPSA) is 121 Å². The molecule has 0 saturated heterocycles. The van der Waals surface area contributed by atoms with Crippen molar-refractivity contribution in [1.82, 2.24) is 25.5 Å². The van der Waals surface area contributed by atoms with Crippen LogP contribution in [0.15, 0.2) is 24.7 Å². The number of carboxylic acid groups (broad SMARTS) is 1. The zero-order valence-electron chi connectivity index (χ0n) is 9.12. The van der Waals surface area contributed by atoms with E-state index in [1.807, 2.05) is 0 Å². The Balaban J connectivity index is 2.04. The Morgan fingerprint density at radius 3 is 2.89 bits per heavy atom. The third-order valence-corrected chi connectivity index (χ3v) is 2.12. The van der Waals surface area contributed by atoms with E-state index in [9.17, 15) is 9.59 Å². The number of amides is 1. The van der Waals surface area contributed by atoms with Crippen molar-refractivity contribution in [2.45, 2.75) is 6.54 Å². The number of aromatic amines is 1. The molecule has 0 saturated carbocycles. The first-order chi connectivity index (χ1) is 8.66. The fourth-order valence-corrected chi connectivity index (χ4v) is 1.27. The molecule has 2 aromatic heterocycles. The van der Waals surface area contributed by atoms with E-state index in [-0.39, 0.29) is 17.8 Å². The second-order valence-corrected chi connectivity index (χ2v) is 3.35. The van der Waals surface area contributed by atoms with Gasteiger partial charge < -0.3 is 10.4 Å². The summed E-state index contributed by atoms with van der Waals surface area (Å²) in [6.45, 7) is 0.184. The standard InChI is InChI=1S/C10H9N5O3/c16-9(12-4-8-13-5-14-15-8)6-1-2-11-7(3-6)10(17)18/h1-3,5H,4H2,(H,12,16)(H,17,18)(H,13,14,15). The summed E-state index contributed by atoms with van der Waals surface area (Å²) in [7, 11) is 0. The molecule has 0 fully saturated rings. The van der Waals surface area contributed by atoms with Gasteiger partial charge in [0.1, 0.15) is 17.8 Å². The molecule has 3 N–H and O–H groups in total. The smallest absolute Gasteiger partial charge is 0.354 e. The summed E-state index contributed by atoms with van der Waals surface area (Å²) in [5.74, 6) is -1.08. The van der Waals surface area contributed by atoms with Gasteiger partial charge in [-0.2, -0.15) is 5.10 Å². The number of aromatic nitrogens is 4. The van der Waals surface area contributed by atoms with Crippen LogP contribution >= 0.6 is 0 Å². The Morgan fingerprint density at radius 2 is 2.22 bits per heavy atom. The minimum absolute atomic E-state index is 0.178. The highest BCUT2D eigenvalue weighted by Crippen LogP contribution is 2.02. The van der Waals surface area contributed by atoms with Crippen molar-refractivity contribution in [1.29, 1.82) is 0 Å². The Bertz CT molecular complexity index is 567. The summed E-state index contributed by atoms with van der Waals surface area (Å²) < 4.78 is 0. The summed E-state index contributed by atoms with van der Waals surface area (Å²) in [6.07, 6.45) is 2.60. The summed E-state index contributed by atoms with van der Waals surface area (Å²) in [5.41, 5.74) is 0.0456. The Morgan fingerprint density at radius 1 is 1.39 bits per heavy atom. The van der Waals surface area contributed by atoms with Gasteiger partial charge in [0.05, 0.1) is 6.54 Å². The lowest BCUT2D eigenvalue weighted by Gasteiger charge is -2.03. The van der Waals surface area contributed by atoms with Crippen LogP contribution in [-0.2, 0) is 6.54 Å². The van der Waals surface area contributed by atoms with Crippen LogP contribution in [0.4, 0.5) is 0 Å². The van der Waals surface area contributed by atoms with Gasteiger partial charge in [0, 0.05) is 11.8 Å². The third kappa shape index (κ3) is 2.67. The Hall–Kier alpha value is -2.77. The molecule has 0 aromatic carbocycles. The molecule has 2 rings (SSSR count). The van der Waals surface area contributed by atoms with Gasteiger partial charge in [-0.05, 0) is 12.1 Å². The minimum atomic E-state index is -1.18. The van der Waals surface area contributed by atoms with E-state index in [1.54, 1.807) is 0 Å².